The average molecular weight is 414 g/mol. The number of benzene rings is 2. The zero-order chi connectivity index (χ0) is 22.1. The lowest BCUT2D eigenvalue weighted by Crippen LogP contribution is -2.35. The summed E-state index contributed by atoms with van der Waals surface area (Å²) in [6.07, 6.45) is 0.679. The van der Waals surface area contributed by atoms with E-state index >= 15 is 0 Å². The first-order chi connectivity index (χ1) is 14.1. The standard InChI is InChI=1S/C23H27FN2O4/c1-23(2,3)17-7-4-16(5-8-17)6-13-22(29)30-15-21(28)25-14-20(27)26-19-11-9-18(24)10-12-19/h4-5,7-12H,6,13-15H2,1-3H3,(H,25,28)(H,26,27). The molecule has 2 aromatic rings. The number of halogens is 1. The molecule has 0 aliphatic carbocycles. The number of hydrogen-bond donors (Lipinski definition) is 2. The Morgan fingerprint density at radius 1 is 0.933 bits per heavy atom. The van der Waals surface area contributed by atoms with Gasteiger partial charge in [0.1, 0.15) is 5.82 Å². The topological polar surface area (TPSA) is 84.5 Å². The van der Waals surface area contributed by atoms with E-state index in [1.54, 1.807) is 0 Å². The zero-order valence-corrected chi connectivity index (χ0v) is 17.5. The van der Waals surface area contributed by atoms with E-state index in [-0.39, 0.29) is 18.4 Å². The third kappa shape index (κ3) is 8.03. The first kappa shape index (κ1) is 23.1. The molecule has 2 aromatic carbocycles. The van der Waals surface area contributed by atoms with Crippen LogP contribution in [0, 0.1) is 5.82 Å². The quantitative estimate of drug-likeness (QED) is 0.649. The number of aryl methyl sites for hydroxylation is 1. The lowest BCUT2D eigenvalue weighted by Gasteiger charge is -2.19. The second-order valence-electron chi connectivity index (χ2n) is 7.94. The molecule has 6 nitrogen and oxygen atoms in total. The molecule has 0 heterocycles. The van der Waals surface area contributed by atoms with Gasteiger partial charge in [-0.1, -0.05) is 45.0 Å². The summed E-state index contributed by atoms with van der Waals surface area (Å²) in [4.78, 5) is 35.3. The van der Waals surface area contributed by atoms with Crippen LogP contribution in [0.2, 0.25) is 0 Å². The maximum Gasteiger partial charge on any atom is 0.306 e. The maximum atomic E-state index is 12.8. The Morgan fingerprint density at radius 2 is 1.57 bits per heavy atom. The number of amides is 2. The minimum atomic E-state index is -0.577. The number of ether oxygens (including phenoxy) is 1. The molecule has 7 heteroatoms. The van der Waals surface area contributed by atoms with Gasteiger partial charge in [0.25, 0.3) is 5.91 Å². The van der Waals surface area contributed by atoms with Gasteiger partial charge < -0.3 is 15.4 Å². The maximum absolute atomic E-state index is 12.8. The van der Waals surface area contributed by atoms with Crippen molar-refractivity contribution in [2.45, 2.75) is 39.0 Å². The lowest BCUT2D eigenvalue weighted by molar-refractivity contribution is -0.148. The Bertz CT molecular complexity index is 872. The molecule has 2 N–H and O–H groups in total. The fraction of sp³-hybridized carbons (Fsp3) is 0.348. The Labute approximate surface area is 175 Å². The molecule has 0 aliphatic rings. The Kier molecular flexibility index (Phi) is 8.09. The van der Waals surface area contributed by atoms with Gasteiger partial charge in [-0.3, -0.25) is 14.4 Å². The summed E-state index contributed by atoms with van der Waals surface area (Å²) in [6.45, 7) is 5.67. The van der Waals surface area contributed by atoms with E-state index in [0.29, 0.717) is 12.1 Å². The summed E-state index contributed by atoms with van der Waals surface area (Å²) < 4.78 is 17.8. The van der Waals surface area contributed by atoms with Crippen molar-refractivity contribution < 1.29 is 23.5 Å². The molecule has 0 unspecified atom stereocenters. The third-order valence-corrected chi connectivity index (χ3v) is 4.38. The van der Waals surface area contributed by atoms with Crippen LogP contribution in [0.3, 0.4) is 0 Å². The molecular formula is C23H27FN2O4. The van der Waals surface area contributed by atoms with E-state index in [1.165, 1.54) is 29.8 Å². The highest BCUT2D eigenvalue weighted by atomic mass is 19.1. The average Bonchev–Trinajstić information content (AvgIpc) is 2.70. The van der Waals surface area contributed by atoms with Crippen molar-refractivity contribution in [3.63, 3.8) is 0 Å². The first-order valence-corrected chi connectivity index (χ1v) is 9.70. The van der Waals surface area contributed by atoms with E-state index in [9.17, 15) is 18.8 Å². The van der Waals surface area contributed by atoms with Crippen molar-refractivity contribution in [1.82, 2.24) is 5.32 Å². The summed E-state index contributed by atoms with van der Waals surface area (Å²) >= 11 is 0. The van der Waals surface area contributed by atoms with Crippen molar-refractivity contribution in [3.05, 3.63) is 65.5 Å². The number of esters is 1. The Balaban J connectivity index is 1.64. The minimum Gasteiger partial charge on any atom is -0.456 e. The van der Waals surface area contributed by atoms with Crippen LogP contribution in [0.1, 0.15) is 38.3 Å². The van der Waals surface area contributed by atoms with Crippen molar-refractivity contribution in [2.75, 3.05) is 18.5 Å². The largest absolute Gasteiger partial charge is 0.456 e. The number of anilines is 1. The van der Waals surface area contributed by atoms with Crippen LogP contribution in [0.4, 0.5) is 10.1 Å². The molecule has 0 bridgehead atoms. The summed E-state index contributed by atoms with van der Waals surface area (Å²) in [6, 6.07) is 13.3. The molecule has 2 amide bonds. The Morgan fingerprint density at radius 3 is 2.17 bits per heavy atom. The fourth-order valence-corrected chi connectivity index (χ4v) is 2.60. The molecule has 160 valence electrons. The monoisotopic (exact) mass is 414 g/mol. The highest BCUT2D eigenvalue weighted by Crippen LogP contribution is 2.22. The smallest absolute Gasteiger partial charge is 0.306 e. The highest BCUT2D eigenvalue weighted by molar-refractivity contribution is 5.94. The summed E-state index contributed by atoms with van der Waals surface area (Å²) in [5.74, 6) is -1.95. The van der Waals surface area contributed by atoms with Crippen molar-refractivity contribution in [2.24, 2.45) is 0 Å². The Hall–Kier alpha value is -3.22. The molecule has 0 fully saturated rings. The van der Waals surface area contributed by atoms with Crippen LogP contribution in [-0.2, 0) is 31.0 Å². The van der Waals surface area contributed by atoms with Crippen LogP contribution in [0.5, 0.6) is 0 Å². The molecule has 0 aliphatic heterocycles. The number of carbonyl (C=O) groups excluding carboxylic acids is 3. The normalized spacial score (nSPS) is 10.9. The van der Waals surface area contributed by atoms with E-state index in [1.807, 2.05) is 24.3 Å². The van der Waals surface area contributed by atoms with E-state index in [0.717, 1.165) is 5.56 Å². The summed E-state index contributed by atoms with van der Waals surface area (Å²) in [5.41, 5.74) is 2.72. The molecule has 2 rings (SSSR count). The number of carbonyl (C=O) groups is 3. The van der Waals surface area contributed by atoms with Crippen LogP contribution < -0.4 is 10.6 Å². The zero-order valence-electron chi connectivity index (χ0n) is 17.5. The molecule has 30 heavy (non-hydrogen) atoms. The van der Waals surface area contributed by atoms with Crippen LogP contribution >= 0.6 is 0 Å². The van der Waals surface area contributed by atoms with Gasteiger partial charge in [0.2, 0.25) is 5.91 Å². The molecule has 0 atom stereocenters. The van der Waals surface area contributed by atoms with Gasteiger partial charge in [-0.2, -0.15) is 0 Å². The second-order valence-corrected chi connectivity index (χ2v) is 7.94. The second kappa shape index (κ2) is 10.5. The SMILES string of the molecule is CC(C)(C)c1ccc(CCC(=O)OCC(=O)NCC(=O)Nc2ccc(F)cc2)cc1. The van der Waals surface area contributed by atoms with E-state index in [2.05, 4.69) is 31.4 Å². The molecule has 0 spiro atoms. The summed E-state index contributed by atoms with van der Waals surface area (Å²) in [7, 11) is 0. The molecule has 0 radical (unpaired) electrons. The van der Waals surface area contributed by atoms with Crippen molar-refractivity contribution >= 4 is 23.5 Å². The first-order valence-electron chi connectivity index (χ1n) is 9.70. The van der Waals surface area contributed by atoms with Crippen molar-refractivity contribution in [1.29, 1.82) is 0 Å². The predicted molar refractivity (Wildman–Crippen MR) is 112 cm³/mol. The van der Waals surface area contributed by atoms with Gasteiger partial charge in [0.15, 0.2) is 6.61 Å². The molecular weight excluding hydrogens is 387 g/mol. The van der Waals surface area contributed by atoms with Gasteiger partial charge in [0, 0.05) is 12.1 Å². The number of hydrogen-bond acceptors (Lipinski definition) is 4. The van der Waals surface area contributed by atoms with Crippen LogP contribution in [0.25, 0.3) is 0 Å². The van der Waals surface area contributed by atoms with Crippen LogP contribution in [0.15, 0.2) is 48.5 Å². The highest BCUT2D eigenvalue weighted by Gasteiger charge is 2.13. The van der Waals surface area contributed by atoms with Gasteiger partial charge in [0.05, 0.1) is 6.54 Å². The molecule has 0 aromatic heterocycles. The summed E-state index contributed by atoms with van der Waals surface area (Å²) in [5, 5.41) is 4.87. The van der Waals surface area contributed by atoms with Gasteiger partial charge in [-0.25, -0.2) is 4.39 Å². The molecule has 0 saturated heterocycles. The predicted octanol–water partition coefficient (Wildman–Crippen LogP) is 3.35. The van der Waals surface area contributed by atoms with Gasteiger partial charge in [-0.15, -0.1) is 0 Å². The van der Waals surface area contributed by atoms with Gasteiger partial charge in [-0.05, 0) is 47.2 Å². The molecule has 0 saturated carbocycles. The van der Waals surface area contributed by atoms with Gasteiger partial charge >= 0.3 is 5.97 Å². The number of nitrogens with one attached hydrogen (secondary N) is 2. The van der Waals surface area contributed by atoms with Crippen LogP contribution in [-0.4, -0.2) is 30.9 Å². The minimum absolute atomic E-state index is 0.0702. The van der Waals surface area contributed by atoms with Crippen molar-refractivity contribution in [3.8, 4) is 0 Å². The van der Waals surface area contributed by atoms with E-state index in [4.69, 9.17) is 4.74 Å². The van der Waals surface area contributed by atoms with E-state index < -0.39 is 30.2 Å². The third-order valence-electron chi connectivity index (χ3n) is 4.38. The lowest BCUT2D eigenvalue weighted by atomic mass is 9.86. The fourth-order valence-electron chi connectivity index (χ4n) is 2.60. The number of rotatable bonds is 8.